The van der Waals surface area contributed by atoms with E-state index in [-0.39, 0.29) is 5.97 Å². The second kappa shape index (κ2) is 7.76. The summed E-state index contributed by atoms with van der Waals surface area (Å²) in [4.78, 5) is 10.2. The van der Waals surface area contributed by atoms with Crippen LogP contribution in [0.2, 0.25) is 0 Å². The predicted molar refractivity (Wildman–Crippen MR) is 48.5 cm³/mol. The topological polar surface area (TPSA) is 44.8 Å². The van der Waals surface area contributed by atoms with Crippen molar-refractivity contribution in [1.29, 1.82) is 0 Å². The first kappa shape index (κ1) is 12.1. The van der Waals surface area contributed by atoms with Crippen LogP contribution in [0, 0.1) is 0 Å². The van der Waals surface area contributed by atoms with E-state index in [1.165, 1.54) is 7.11 Å². The highest BCUT2D eigenvalue weighted by molar-refractivity contribution is 5.86. The van der Waals surface area contributed by atoms with Crippen LogP contribution in [0.15, 0.2) is 12.2 Å². The zero-order valence-electron chi connectivity index (χ0n) is 8.17. The van der Waals surface area contributed by atoms with Crippen LogP contribution < -0.4 is 0 Å². The largest absolute Gasteiger partial charge is 0.466 e. The lowest BCUT2D eigenvalue weighted by Gasteiger charge is -2.09. The Morgan fingerprint density at radius 1 is 1.23 bits per heavy atom. The van der Waals surface area contributed by atoms with Crippen LogP contribution >= 0.6 is 0 Å². The van der Waals surface area contributed by atoms with E-state index in [1.807, 2.05) is 0 Å². The van der Waals surface area contributed by atoms with Crippen LogP contribution in [0.25, 0.3) is 0 Å². The number of rotatable bonds is 1. The van der Waals surface area contributed by atoms with Gasteiger partial charge >= 0.3 is 5.97 Å². The van der Waals surface area contributed by atoms with Gasteiger partial charge in [-0.2, -0.15) is 0 Å². The van der Waals surface area contributed by atoms with Gasteiger partial charge in [-0.3, -0.25) is 0 Å². The van der Waals surface area contributed by atoms with Gasteiger partial charge in [0.2, 0.25) is 0 Å². The second-order valence-corrected chi connectivity index (χ2v) is 2.50. The maximum Gasteiger partial charge on any atom is 0.332 e. The van der Waals surface area contributed by atoms with Crippen LogP contribution in [0.1, 0.15) is 6.92 Å². The van der Waals surface area contributed by atoms with Gasteiger partial charge in [0.05, 0.1) is 33.5 Å². The minimum absolute atomic E-state index is 0.347. The van der Waals surface area contributed by atoms with Crippen molar-refractivity contribution in [3.63, 3.8) is 0 Å². The summed E-state index contributed by atoms with van der Waals surface area (Å²) in [6.07, 6.45) is 0. The summed E-state index contributed by atoms with van der Waals surface area (Å²) in [6.45, 7) is 8.07. The number of carbonyl (C=O) groups is 1. The number of ether oxygens (including phenoxy) is 3. The number of esters is 1. The molecular formula is C9H16O4. The summed E-state index contributed by atoms with van der Waals surface area (Å²) >= 11 is 0. The lowest BCUT2D eigenvalue weighted by Crippen LogP contribution is -2.16. The van der Waals surface area contributed by atoms with Crippen LogP contribution in [-0.4, -0.2) is 39.5 Å². The van der Waals surface area contributed by atoms with E-state index in [1.54, 1.807) is 6.92 Å². The molecule has 1 aliphatic rings. The average Bonchev–Trinajstić information content (AvgIpc) is 2.20. The molecule has 0 aromatic heterocycles. The van der Waals surface area contributed by atoms with Crippen LogP contribution in [0.4, 0.5) is 0 Å². The molecule has 4 heteroatoms. The van der Waals surface area contributed by atoms with Gasteiger partial charge in [-0.1, -0.05) is 6.58 Å². The lowest BCUT2D eigenvalue weighted by atomic mass is 10.4. The fraction of sp³-hybridized carbons (Fsp3) is 0.667. The van der Waals surface area contributed by atoms with Crippen molar-refractivity contribution >= 4 is 5.97 Å². The maximum absolute atomic E-state index is 10.2. The molecule has 0 N–H and O–H groups in total. The Hall–Kier alpha value is -0.870. The summed E-state index contributed by atoms with van der Waals surface area (Å²) < 4.78 is 14.2. The van der Waals surface area contributed by atoms with E-state index in [2.05, 4.69) is 11.3 Å². The highest BCUT2D eigenvalue weighted by Crippen LogP contribution is 1.87. The Bertz CT molecular complexity index is 149. The number of carbonyl (C=O) groups excluding carboxylic acids is 1. The zero-order valence-corrected chi connectivity index (χ0v) is 8.17. The van der Waals surface area contributed by atoms with Crippen molar-refractivity contribution in [3.8, 4) is 0 Å². The van der Waals surface area contributed by atoms with Crippen LogP contribution in [-0.2, 0) is 19.0 Å². The van der Waals surface area contributed by atoms with E-state index in [0.717, 1.165) is 26.4 Å². The summed E-state index contributed by atoms with van der Waals surface area (Å²) in [6, 6.07) is 0. The Labute approximate surface area is 78.5 Å². The molecule has 0 spiro atoms. The second-order valence-electron chi connectivity index (χ2n) is 2.50. The summed E-state index contributed by atoms with van der Waals surface area (Å²) in [5.74, 6) is -0.347. The van der Waals surface area contributed by atoms with E-state index in [9.17, 15) is 4.79 Å². The molecule has 76 valence electrons. The van der Waals surface area contributed by atoms with E-state index < -0.39 is 0 Å². The fourth-order valence-electron chi connectivity index (χ4n) is 0.614. The standard InChI is InChI=1S/C5H8O2.C4H8O2/c1-4(2)5(6)7-3;1-2-6-4-3-5-1/h1H2,2-3H3;1-4H2. The number of hydrogen-bond donors (Lipinski definition) is 0. The molecule has 0 atom stereocenters. The highest BCUT2D eigenvalue weighted by atomic mass is 16.6. The molecule has 0 unspecified atom stereocenters. The molecule has 0 aromatic carbocycles. The highest BCUT2D eigenvalue weighted by Gasteiger charge is 1.95. The number of hydrogen-bond acceptors (Lipinski definition) is 4. The molecule has 1 saturated heterocycles. The van der Waals surface area contributed by atoms with Gasteiger partial charge in [-0.25, -0.2) is 4.79 Å². The van der Waals surface area contributed by atoms with Crippen molar-refractivity contribution in [3.05, 3.63) is 12.2 Å². The van der Waals surface area contributed by atoms with Gasteiger partial charge in [-0.05, 0) is 6.92 Å². The quantitative estimate of drug-likeness (QED) is 0.450. The molecule has 1 aliphatic heterocycles. The maximum atomic E-state index is 10.2. The lowest BCUT2D eigenvalue weighted by molar-refractivity contribution is -0.136. The molecule has 1 rings (SSSR count). The van der Waals surface area contributed by atoms with Gasteiger partial charge in [-0.15, -0.1) is 0 Å². The first-order valence-corrected chi connectivity index (χ1v) is 4.07. The van der Waals surface area contributed by atoms with E-state index in [4.69, 9.17) is 9.47 Å². The Morgan fingerprint density at radius 3 is 1.69 bits per heavy atom. The summed E-state index contributed by atoms with van der Waals surface area (Å²) in [7, 11) is 1.33. The SMILES string of the molecule is C1COCCO1.C=C(C)C(=O)OC. The van der Waals surface area contributed by atoms with Crippen LogP contribution in [0.5, 0.6) is 0 Å². The minimum atomic E-state index is -0.347. The Balaban J connectivity index is 0.000000223. The summed E-state index contributed by atoms with van der Waals surface area (Å²) in [5, 5.41) is 0. The van der Waals surface area contributed by atoms with Gasteiger partial charge in [0.15, 0.2) is 0 Å². The normalized spacial score (nSPS) is 15.2. The molecule has 0 aliphatic carbocycles. The third kappa shape index (κ3) is 7.49. The van der Waals surface area contributed by atoms with Crippen molar-refractivity contribution in [1.82, 2.24) is 0 Å². The molecular weight excluding hydrogens is 172 g/mol. The van der Waals surface area contributed by atoms with Gasteiger partial charge in [0.1, 0.15) is 0 Å². The van der Waals surface area contributed by atoms with Crippen molar-refractivity contribution in [2.24, 2.45) is 0 Å². The fourth-order valence-corrected chi connectivity index (χ4v) is 0.614. The van der Waals surface area contributed by atoms with Crippen molar-refractivity contribution in [2.75, 3.05) is 33.5 Å². The minimum Gasteiger partial charge on any atom is -0.466 e. The third-order valence-electron chi connectivity index (χ3n) is 1.28. The van der Waals surface area contributed by atoms with E-state index >= 15 is 0 Å². The summed E-state index contributed by atoms with van der Waals surface area (Å²) in [5.41, 5.74) is 0.433. The van der Waals surface area contributed by atoms with Crippen molar-refractivity contribution in [2.45, 2.75) is 6.92 Å². The first-order chi connectivity index (χ1) is 6.18. The molecule has 0 bridgehead atoms. The zero-order chi connectivity index (χ0) is 10.1. The van der Waals surface area contributed by atoms with E-state index in [0.29, 0.717) is 5.57 Å². The molecule has 1 fully saturated rings. The average molecular weight is 188 g/mol. The molecule has 0 amide bonds. The Morgan fingerprint density at radius 2 is 1.62 bits per heavy atom. The molecule has 0 saturated carbocycles. The molecule has 0 radical (unpaired) electrons. The monoisotopic (exact) mass is 188 g/mol. The first-order valence-electron chi connectivity index (χ1n) is 4.07. The third-order valence-corrected chi connectivity index (χ3v) is 1.28. The smallest absolute Gasteiger partial charge is 0.332 e. The number of methoxy groups -OCH3 is 1. The molecule has 0 aromatic rings. The van der Waals surface area contributed by atoms with Gasteiger partial charge in [0, 0.05) is 5.57 Å². The Kier molecular flexibility index (Phi) is 7.24. The van der Waals surface area contributed by atoms with Crippen molar-refractivity contribution < 1.29 is 19.0 Å². The molecule has 4 nitrogen and oxygen atoms in total. The van der Waals surface area contributed by atoms with Gasteiger partial charge in [0.25, 0.3) is 0 Å². The molecule has 13 heavy (non-hydrogen) atoms. The molecule has 1 heterocycles. The predicted octanol–water partition coefficient (Wildman–Crippen LogP) is 0.769. The van der Waals surface area contributed by atoms with Gasteiger partial charge < -0.3 is 14.2 Å². The van der Waals surface area contributed by atoms with Crippen LogP contribution in [0.3, 0.4) is 0 Å².